The van der Waals surface area contributed by atoms with E-state index in [0.29, 0.717) is 5.56 Å². The number of benzene rings is 1. The highest BCUT2D eigenvalue weighted by Crippen LogP contribution is 2.42. The zero-order chi connectivity index (χ0) is 19.2. The monoisotopic (exact) mass is 426 g/mol. The molecule has 1 saturated heterocycles. The van der Waals surface area contributed by atoms with Crippen molar-refractivity contribution in [3.8, 4) is 0 Å². The number of aliphatic hydroxyl groups is 1. The van der Waals surface area contributed by atoms with Crippen LogP contribution in [0.15, 0.2) is 30.3 Å². The number of alkyl halides is 1. The van der Waals surface area contributed by atoms with Gasteiger partial charge in [-0.1, -0.05) is 59.1 Å². The summed E-state index contributed by atoms with van der Waals surface area (Å²) in [7, 11) is 4.41. The van der Waals surface area contributed by atoms with Crippen molar-refractivity contribution < 1.29 is 19.1 Å². The van der Waals surface area contributed by atoms with Crippen molar-refractivity contribution >= 4 is 21.9 Å². The van der Waals surface area contributed by atoms with Crippen LogP contribution in [-0.4, -0.2) is 54.7 Å². The number of halogens is 1. The molecule has 1 heterocycles. The Morgan fingerprint density at radius 2 is 1.62 bits per heavy atom. The minimum Gasteiger partial charge on any atom is -0.460 e. The zero-order valence-electron chi connectivity index (χ0n) is 16.3. The molecule has 1 aromatic rings. The van der Waals surface area contributed by atoms with Crippen molar-refractivity contribution in [1.29, 1.82) is 0 Å². The van der Waals surface area contributed by atoms with Gasteiger partial charge in [0.15, 0.2) is 5.60 Å². The molecule has 2 aliphatic rings. The van der Waals surface area contributed by atoms with Gasteiger partial charge in [0.25, 0.3) is 0 Å². The Bertz CT molecular complexity index is 562. The molecule has 1 N–H and O–H groups in total. The van der Waals surface area contributed by atoms with Gasteiger partial charge in [0.2, 0.25) is 0 Å². The van der Waals surface area contributed by atoms with Crippen LogP contribution in [0.1, 0.15) is 44.1 Å². The van der Waals surface area contributed by atoms with Crippen LogP contribution in [0.4, 0.5) is 0 Å². The van der Waals surface area contributed by atoms with E-state index in [9.17, 15) is 9.90 Å². The van der Waals surface area contributed by atoms with Gasteiger partial charge in [-0.3, -0.25) is 0 Å². The molecule has 1 atom stereocenters. The number of rotatable bonds is 4. The van der Waals surface area contributed by atoms with Gasteiger partial charge >= 0.3 is 5.97 Å². The maximum atomic E-state index is 13.0. The molecule has 1 aliphatic heterocycles. The lowest BCUT2D eigenvalue weighted by atomic mass is 9.80. The van der Waals surface area contributed by atoms with E-state index in [0.717, 1.165) is 56.1 Å². The molecule has 0 amide bonds. The van der Waals surface area contributed by atoms with Gasteiger partial charge in [-0.25, -0.2) is 4.79 Å². The number of esters is 1. The number of nitrogens with zero attached hydrogens (tertiary/aromatic N) is 1. The zero-order valence-corrected chi connectivity index (χ0v) is 17.9. The molecule has 5 heteroatoms. The summed E-state index contributed by atoms with van der Waals surface area (Å²) in [4.78, 5) is 13.0. The number of likely N-dealkylation sites (tertiary alicyclic amines) is 1. The maximum Gasteiger partial charge on any atom is 0.343 e. The second kappa shape index (κ2) is 9.34. The van der Waals surface area contributed by atoms with E-state index in [1.54, 1.807) is 0 Å². The lowest BCUT2D eigenvalue weighted by molar-refractivity contribution is -0.896. The van der Waals surface area contributed by atoms with E-state index < -0.39 is 11.6 Å². The van der Waals surface area contributed by atoms with E-state index in [4.69, 9.17) is 4.74 Å². The van der Waals surface area contributed by atoms with Crippen molar-refractivity contribution in [3.05, 3.63) is 35.9 Å². The Morgan fingerprint density at radius 3 is 2.15 bits per heavy atom. The van der Waals surface area contributed by atoms with Crippen LogP contribution < -0.4 is 0 Å². The van der Waals surface area contributed by atoms with E-state index in [1.807, 2.05) is 36.2 Å². The third kappa shape index (κ3) is 4.87. The average molecular weight is 427 g/mol. The Hall–Kier alpha value is -0.910. The quantitative estimate of drug-likeness (QED) is 0.451. The topological polar surface area (TPSA) is 46.5 Å². The highest BCUT2D eigenvalue weighted by atomic mass is 79.9. The lowest BCUT2D eigenvalue weighted by Gasteiger charge is -2.38. The van der Waals surface area contributed by atoms with Crippen molar-refractivity contribution in [1.82, 2.24) is 0 Å². The average Bonchev–Trinajstić information content (AvgIpc) is 3.20. The van der Waals surface area contributed by atoms with E-state index >= 15 is 0 Å². The van der Waals surface area contributed by atoms with Crippen LogP contribution >= 0.6 is 15.9 Å². The Labute approximate surface area is 166 Å². The van der Waals surface area contributed by atoms with Gasteiger partial charge in [0, 0.05) is 18.8 Å². The standard InChI is InChI=1S/C20H30NO3.CH3Br/c1-21(2)14-12-18(13-15-21)24-19(22)20(23,17-10-6-7-11-17)16-8-4-3-5-9-16;1-2/h3-5,8-9,17-18,23H,6-7,10-15H2,1-2H3;1H3/q+1;. The normalized spacial score (nSPS) is 22.8. The Morgan fingerprint density at radius 1 is 1.08 bits per heavy atom. The molecule has 4 nitrogen and oxygen atoms in total. The highest BCUT2D eigenvalue weighted by molar-refractivity contribution is 9.08. The summed E-state index contributed by atoms with van der Waals surface area (Å²) in [5.74, 6) is 1.33. The first-order valence-electron chi connectivity index (χ1n) is 9.60. The molecular formula is C21H33BrNO3+. The predicted octanol–water partition coefficient (Wildman–Crippen LogP) is 3.86. The van der Waals surface area contributed by atoms with Gasteiger partial charge in [-0.2, -0.15) is 0 Å². The summed E-state index contributed by atoms with van der Waals surface area (Å²) < 4.78 is 6.79. The molecule has 0 radical (unpaired) electrons. The van der Waals surface area contributed by atoms with E-state index in [-0.39, 0.29) is 12.0 Å². The number of piperidine rings is 1. The van der Waals surface area contributed by atoms with Crippen LogP contribution in [0, 0.1) is 5.92 Å². The number of quaternary nitrogens is 1. The van der Waals surface area contributed by atoms with Crippen LogP contribution in [0.2, 0.25) is 0 Å². The third-order valence-electron chi connectivity index (χ3n) is 5.86. The summed E-state index contributed by atoms with van der Waals surface area (Å²) >= 11 is 2.94. The number of carbonyl (C=O) groups excluding carboxylic acids is 1. The minimum atomic E-state index is -1.50. The fourth-order valence-corrected chi connectivity index (χ4v) is 4.16. The van der Waals surface area contributed by atoms with Crippen LogP contribution in [-0.2, 0) is 15.1 Å². The molecule has 1 saturated carbocycles. The summed E-state index contributed by atoms with van der Waals surface area (Å²) in [6, 6.07) is 9.36. The van der Waals surface area contributed by atoms with Crippen LogP contribution in [0.5, 0.6) is 0 Å². The predicted molar refractivity (Wildman–Crippen MR) is 108 cm³/mol. The van der Waals surface area contributed by atoms with E-state index in [1.165, 1.54) is 0 Å². The largest absolute Gasteiger partial charge is 0.460 e. The smallest absolute Gasteiger partial charge is 0.343 e. The molecule has 0 aromatic heterocycles. The first-order chi connectivity index (χ1) is 12.4. The number of ether oxygens (including phenoxy) is 1. The molecular weight excluding hydrogens is 394 g/mol. The molecule has 0 spiro atoms. The highest BCUT2D eigenvalue weighted by Gasteiger charge is 2.48. The number of hydrogen-bond acceptors (Lipinski definition) is 3. The van der Waals surface area contributed by atoms with Gasteiger partial charge in [0.1, 0.15) is 6.10 Å². The molecule has 146 valence electrons. The summed E-state index contributed by atoms with van der Waals surface area (Å²) in [6.07, 6.45) is 5.58. The second-order valence-electron chi connectivity index (χ2n) is 8.10. The van der Waals surface area contributed by atoms with E-state index in [2.05, 4.69) is 30.0 Å². The van der Waals surface area contributed by atoms with Gasteiger partial charge < -0.3 is 14.3 Å². The van der Waals surface area contributed by atoms with Crippen molar-refractivity contribution in [2.24, 2.45) is 5.92 Å². The lowest BCUT2D eigenvalue weighted by Crippen LogP contribution is -2.50. The molecule has 0 bridgehead atoms. The minimum absolute atomic E-state index is 0.0387. The Kier molecular flexibility index (Phi) is 7.68. The fourth-order valence-electron chi connectivity index (χ4n) is 4.16. The first-order valence-corrected chi connectivity index (χ1v) is 11.2. The van der Waals surface area contributed by atoms with Gasteiger partial charge in [0.05, 0.1) is 27.2 Å². The summed E-state index contributed by atoms with van der Waals surface area (Å²) in [6.45, 7) is 2.01. The maximum absolute atomic E-state index is 13.0. The Balaban J connectivity index is 0.00000117. The van der Waals surface area contributed by atoms with Crippen LogP contribution in [0.25, 0.3) is 0 Å². The van der Waals surface area contributed by atoms with Gasteiger partial charge in [-0.15, -0.1) is 0 Å². The summed E-state index contributed by atoms with van der Waals surface area (Å²) in [5.41, 5.74) is -0.826. The summed E-state index contributed by atoms with van der Waals surface area (Å²) in [5, 5.41) is 11.4. The number of hydrogen-bond donors (Lipinski definition) is 1. The molecule has 1 unspecified atom stereocenters. The van der Waals surface area contributed by atoms with Gasteiger partial charge in [-0.05, 0) is 24.2 Å². The van der Waals surface area contributed by atoms with Crippen molar-refractivity contribution in [2.75, 3.05) is 33.0 Å². The van der Waals surface area contributed by atoms with Crippen molar-refractivity contribution in [2.45, 2.75) is 50.2 Å². The fraction of sp³-hybridized carbons (Fsp3) is 0.667. The SMILES string of the molecule is CBr.C[N+]1(C)CCC(OC(=O)C(O)(c2ccccc2)C2CCCC2)CC1. The molecule has 26 heavy (non-hydrogen) atoms. The van der Waals surface area contributed by atoms with Crippen LogP contribution in [0.3, 0.4) is 0 Å². The van der Waals surface area contributed by atoms with Crippen molar-refractivity contribution in [3.63, 3.8) is 0 Å². The third-order valence-corrected chi connectivity index (χ3v) is 5.86. The number of carbonyl (C=O) groups is 1. The molecule has 1 aromatic carbocycles. The molecule has 3 rings (SSSR count). The first kappa shape index (κ1) is 21.4. The second-order valence-corrected chi connectivity index (χ2v) is 8.10. The molecule has 2 fully saturated rings. The molecule has 1 aliphatic carbocycles.